The van der Waals surface area contributed by atoms with Crippen LogP contribution in [0, 0.1) is 11.8 Å². The third-order valence-electron chi connectivity index (χ3n) is 2.93. The highest BCUT2D eigenvalue weighted by Gasteiger charge is 2.16. The second-order valence-electron chi connectivity index (χ2n) is 3.92. The lowest BCUT2D eigenvalue weighted by atomic mass is 9.83. The largest absolute Gasteiger partial charge is 0.396 e. The van der Waals surface area contributed by atoms with Crippen LogP contribution in [0.1, 0.15) is 38.5 Å². The maximum Gasteiger partial charge on any atom is 0.0493 e. The van der Waals surface area contributed by atoms with E-state index in [1.54, 1.807) is 0 Å². The van der Waals surface area contributed by atoms with Gasteiger partial charge in [-0.25, -0.2) is 0 Å². The number of rotatable bonds is 4. The van der Waals surface area contributed by atoms with E-state index < -0.39 is 0 Å². The molecule has 0 aromatic heterocycles. The van der Waals surface area contributed by atoms with Crippen molar-refractivity contribution >= 4 is 0 Å². The van der Waals surface area contributed by atoms with Gasteiger partial charge in [0.15, 0.2) is 0 Å². The molecule has 1 saturated carbocycles. The highest BCUT2D eigenvalue weighted by molar-refractivity contribution is 4.81. The lowest BCUT2D eigenvalue weighted by molar-refractivity contribution is 0.213. The normalized spacial score (nSPS) is 22.1. The molecule has 0 heterocycles. The van der Waals surface area contributed by atoms with Crippen LogP contribution in [-0.4, -0.2) is 11.7 Å². The van der Waals surface area contributed by atoms with Crippen LogP contribution in [0.25, 0.3) is 0 Å². The van der Waals surface area contributed by atoms with Gasteiger partial charge in [0, 0.05) is 6.61 Å². The maximum atomic E-state index is 8.99. The van der Waals surface area contributed by atoms with Crippen molar-refractivity contribution in [2.75, 3.05) is 6.61 Å². The minimum Gasteiger partial charge on any atom is -0.396 e. The number of hydrogen-bond acceptors (Lipinski definition) is 1. The molecule has 0 spiro atoms. The molecular weight excluding hydrogens is 148 g/mol. The average Bonchev–Trinajstić information content (AvgIpc) is 2.16. The number of hydrogen-bond donors (Lipinski definition) is 1. The first-order valence-electron chi connectivity index (χ1n) is 5.10. The molecule has 0 bridgehead atoms. The first-order chi connectivity index (χ1) is 5.86. The molecule has 0 amide bonds. The third-order valence-corrected chi connectivity index (χ3v) is 2.93. The van der Waals surface area contributed by atoms with E-state index in [1.807, 2.05) is 6.08 Å². The second-order valence-corrected chi connectivity index (χ2v) is 3.92. The second kappa shape index (κ2) is 5.36. The Morgan fingerprint density at radius 1 is 1.33 bits per heavy atom. The zero-order chi connectivity index (χ0) is 8.81. The Hall–Kier alpha value is -0.300. The Labute approximate surface area is 75.5 Å². The van der Waals surface area contributed by atoms with Gasteiger partial charge in [0.2, 0.25) is 0 Å². The molecule has 1 heteroatoms. The van der Waals surface area contributed by atoms with Crippen molar-refractivity contribution in [2.45, 2.75) is 38.5 Å². The van der Waals surface area contributed by atoms with Gasteiger partial charge >= 0.3 is 0 Å². The van der Waals surface area contributed by atoms with E-state index in [-0.39, 0.29) is 6.61 Å². The van der Waals surface area contributed by atoms with E-state index in [0.717, 1.165) is 12.3 Å². The fourth-order valence-electron chi connectivity index (χ4n) is 2.10. The van der Waals surface area contributed by atoms with Crippen LogP contribution in [0.5, 0.6) is 0 Å². The Bertz CT molecular complexity index is 125. The smallest absolute Gasteiger partial charge is 0.0493 e. The van der Waals surface area contributed by atoms with Crippen LogP contribution in [0.2, 0.25) is 0 Å². The van der Waals surface area contributed by atoms with Crippen LogP contribution >= 0.6 is 0 Å². The summed E-state index contributed by atoms with van der Waals surface area (Å²) in [5.41, 5.74) is 0. The van der Waals surface area contributed by atoms with Gasteiger partial charge in [-0.15, -0.1) is 6.58 Å². The monoisotopic (exact) mass is 168 g/mol. The summed E-state index contributed by atoms with van der Waals surface area (Å²) in [4.78, 5) is 0. The van der Waals surface area contributed by atoms with Gasteiger partial charge in [-0.3, -0.25) is 0 Å². The SMILES string of the molecule is C=CC(CO)CC1CCCCC1. The highest BCUT2D eigenvalue weighted by Crippen LogP contribution is 2.29. The average molecular weight is 168 g/mol. The molecule has 70 valence electrons. The van der Waals surface area contributed by atoms with Gasteiger partial charge < -0.3 is 5.11 Å². The molecule has 1 nitrogen and oxygen atoms in total. The quantitative estimate of drug-likeness (QED) is 0.640. The van der Waals surface area contributed by atoms with Crippen LogP contribution in [0.15, 0.2) is 12.7 Å². The molecule has 0 saturated heterocycles. The maximum absolute atomic E-state index is 8.99. The van der Waals surface area contributed by atoms with E-state index in [0.29, 0.717) is 5.92 Å². The van der Waals surface area contributed by atoms with E-state index in [1.165, 1.54) is 32.1 Å². The molecule has 1 aliphatic carbocycles. The van der Waals surface area contributed by atoms with E-state index in [9.17, 15) is 0 Å². The molecule has 12 heavy (non-hydrogen) atoms. The standard InChI is InChI=1S/C11H20O/c1-2-10(9-12)8-11-6-4-3-5-7-11/h2,10-12H,1,3-9H2. The summed E-state index contributed by atoms with van der Waals surface area (Å²) < 4.78 is 0. The van der Waals surface area contributed by atoms with Gasteiger partial charge in [0.05, 0.1) is 0 Å². The first-order valence-corrected chi connectivity index (χ1v) is 5.10. The highest BCUT2D eigenvalue weighted by atomic mass is 16.3. The lowest BCUT2D eigenvalue weighted by Gasteiger charge is -2.23. The number of aliphatic hydroxyl groups is 1. The van der Waals surface area contributed by atoms with Gasteiger partial charge in [-0.1, -0.05) is 38.2 Å². The molecule has 1 N–H and O–H groups in total. The van der Waals surface area contributed by atoms with Crippen LogP contribution in [-0.2, 0) is 0 Å². The molecule has 1 atom stereocenters. The van der Waals surface area contributed by atoms with E-state index in [4.69, 9.17) is 5.11 Å². The summed E-state index contributed by atoms with van der Waals surface area (Å²) in [5, 5.41) is 8.99. The molecule has 1 rings (SSSR count). The molecule has 0 aromatic carbocycles. The van der Waals surface area contributed by atoms with Gasteiger partial charge in [-0.2, -0.15) is 0 Å². The summed E-state index contributed by atoms with van der Waals surface area (Å²) in [6, 6.07) is 0. The van der Waals surface area contributed by atoms with Crippen LogP contribution in [0.4, 0.5) is 0 Å². The molecule has 1 fully saturated rings. The van der Waals surface area contributed by atoms with Crippen molar-refractivity contribution in [3.8, 4) is 0 Å². The van der Waals surface area contributed by atoms with Crippen molar-refractivity contribution in [3.05, 3.63) is 12.7 Å². The van der Waals surface area contributed by atoms with E-state index in [2.05, 4.69) is 6.58 Å². The zero-order valence-electron chi connectivity index (χ0n) is 7.84. The van der Waals surface area contributed by atoms with Gasteiger partial charge in [0.25, 0.3) is 0 Å². The first kappa shape index (κ1) is 9.79. The Morgan fingerprint density at radius 3 is 2.50 bits per heavy atom. The van der Waals surface area contributed by atoms with Crippen molar-refractivity contribution in [1.29, 1.82) is 0 Å². The van der Waals surface area contributed by atoms with Gasteiger partial charge in [0.1, 0.15) is 0 Å². The summed E-state index contributed by atoms with van der Waals surface area (Å²) in [7, 11) is 0. The Morgan fingerprint density at radius 2 is 2.00 bits per heavy atom. The third kappa shape index (κ3) is 2.98. The van der Waals surface area contributed by atoms with Gasteiger partial charge in [-0.05, 0) is 18.3 Å². The minimum absolute atomic E-state index is 0.278. The molecular formula is C11H20O. The fraction of sp³-hybridized carbons (Fsp3) is 0.818. The Kier molecular flexibility index (Phi) is 4.37. The molecule has 1 aliphatic rings. The summed E-state index contributed by atoms with van der Waals surface area (Å²) in [5.74, 6) is 1.20. The predicted molar refractivity (Wildman–Crippen MR) is 52.0 cm³/mol. The van der Waals surface area contributed by atoms with E-state index >= 15 is 0 Å². The molecule has 1 unspecified atom stereocenters. The Balaban J connectivity index is 2.22. The van der Waals surface area contributed by atoms with Crippen molar-refractivity contribution in [2.24, 2.45) is 11.8 Å². The summed E-state index contributed by atoms with van der Waals surface area (Å²) in [6.07, 6.45) is 9.97. The topological polar surface area (TPSA) is 20.2 Å². The summed E-state index contributed by atoms with van der Waals surface area (Å²) in [6.45, 7) is 4.02. The lowest BCUT2D eigenvalue weighted by Crippen LogP contribution is -2.13. The zero-order valence-corrected chi connectivity index (χ0v) is 7.84. The van der Waals surface area contributed by atoms with Crippen molar-refractivity contribution in [3.63, 3.8) is 0 Å². The number of aliphatic hydroxyl groups excluding tert-OH is 1. The van der Waals surface area contributed by atoms with Crippen LogP contribution in [0.3, 0.4) is 0 Å². The molecule has 0 aromatic rings. The van der Waals surface area contributed by atoms with Crippen LogP contribution < -0.4 is 0 Å². The molecule has 0 radical (unpaired) electrons. The summed E-state index contributed by atoms with van der Waals surface area (Å²) >= 11 is 0. The molecule has 0 aliphatic heterocycles. The fourth-order valence-corrected chi connectivity index (χ4v) is 2.10. The van der Waals surface area contributed by atoms with Crippen molar-refractivity contribution < 1.29 is 5.11 Å². The minimum atomic E-state index is 0.278. The van der Waals surface area contributed by atoms with Crippen molar-refractivity contribution in [1.82, 2.24) is 0 Å². The predicted octanol–water partition coefficient (Wildman–Crippen LogP) is 2.75.